The summed E-state index contributed by atoms with van der Waals surface area (Å²) in [7, 11) is 0.520. The van der Waals surface area contributed by atoms with Crippen LogP contribution < -0.4 is 0 Å². The number of hydrazone groups is 1. The van der Waals surface area contributed by atoms with Crippen molar-refractivity contribution in [3.05, 3.63) is 71.8 Å². The van der Waals surface area contributed by atoms with Crippen molar-refractivity contribution in [2.45, 2.75) is 32.5 Å². The number of hydrogen-bond acceptors (Lipinski definition) is 3. The molecular weight excluding hydrogens is 312 g/mol. The number of carbonyl (C=O) groups is 1. The van der Waals surface area contributed by atoms with Gasteiger partial charge in [-0.15, -0.1) is 0 Å². The lowest BCUT2D eigenvalue weighted by molar-refractivity contribution is 0.0985. The summed E-state index contributed by atoms with van der Waals surface area (Å²) in [5.74, 6) is 0.162. The van der Waals surface area contributed by atoms with Gasteiger partial charge in [0, 0.05) is 19.0 Å². The third-order valence-electron chi connectivity index (χ3n) is 4.03. The molecule has 0 N–H and O–H groups in total. The Morgan fingerprint density at radius 3 is 1.88 bits per heavy atom. The SMILES string of the molecule is CN(/N=C(/CCC(=O)c1ccccc1)c1ccccc1)[Si](C)(C)C. The molecule has 0 aliphatic rings. The van der Waals surface area contributed by atoms with Gasteiger partial charge in [-0.3, -0.25) is 4.79 Å². The zero-order valence-corrected chi connectivity index (χ0v) is 16.0. The predicted octanol–water partition coefficient (Wildman–Crippen LogP) is 4.82. The number of rotatable bonds is 7. The lowest BCUT2D eigenvalue weighted by atomic mass is 10.0. The van der Waals surface area contributed by atoms with Crippen LogP contribution in [0.3, 0.4) is 0 Å². The van der Waals surface area contributed by atoms with E-state index in [1.807, 2.05) is 55.6 Å². The van der Waals surface area contributed by atoms with E-state index < -0.39 is 8.24 Å². The molecule has 0 aliphatic heterocycles. The number of benzene rings is 2. The molecule has 24 heavy (non-hydrogen) atoms. The molecule has 0 aliphatic carbocycles. The molecule has 2 rings (SSSR count). The van der Waals surface area contributed by atoms with Crippen LogP contribution in [-0.4, -0.2) is 31.5 Å². The van der Waals surface area contributed by atoms with Gasteiger partial charge >= 0.3 is 0 Å². The molecule has 0 fully saturated rings. The van der Waals surface area contributed by atoms with Gasteiger partial charge in [-0.1, -0.05) is 80.3 Å². The van der Waals surface area contributed by atoms with E-state index in [2.05, 4.69) is 36.4 Å². The Morgan fingerprint density at radius 1 is 0.875 bits per heavy atom. The zero-order valence-electron chi connectivity index (χ0n) is 15.0. The highest BCUT2D eigenvalue weighted by atomic mass is 28.3. The molecule has 2 aromatic carbocycles. The van der Waals surface area contributed by atoms with Crippen LogP contribution in [0.5, 0.6) is 0 Å². The Hall–Kier alpha value is -2.20. The Balaban J connectivity index is 2.18. The van der Waals surface area contributed by atoms with E-state index in [1.54, 1.807) is 0 Å². The molecule has 0 atom stereocenters. The van der Waals surface area contributed by atoms with Crippen molar-refractivity contribution in [2.24, 2.45) is 5.10 Å². The van der Waals surface area contributed by atoms with E-state index in [9.17, 15) is 4.79 Å². The highest BCUT2D eigenvalue weighted by Crippen LogP contribution is 2.14. The van der Waals surface area contributed by atoms with Crippen molar-refractivity contribution >= 4 is 19.7 Å². The summed E-state index contributed by atoms with van der Waals surface area (Å²) in [5.41, 5.74) is 2.83. The third-order valence-corrected chi connectivity index (χ3v) is 6.07. The van der Waals surface area contributed by atoms with Crippen LogP contribution >= 0.6 is 0 Å². The lowest BCUT2D eigenvalue weighted by Crippen LogP contribution is -2.40. The van der Waals surface area contributed by atoms with Crippen molar-refractivity contribution in [3.8, 4) is 0 Å². The largest absolute Gasteiger partial charge is 0.327 e. The van der Waals surface area contributed by atoms with E-state index in [1.165, 1.54) is 0 Å². The van der Waals surface area contributed by atoms with E-state index in [0.717, 1.165) is 16.8 Å². The summed E-state index contributed by atoms with van der Waals surface area (Å²) in [6.45, 7) is 6.77. The first-order valence-corrected chi connectivity index (χ1v) is 11.8. The number of ketones is 1. The maximum Gasteiger partial charge on any atom is 0.168 e. The molecular formula is C20H26N2OSi. The highest BCUT2D eigenvalue weighted by Gasteiger charge is 2.20. The van der Waals surface area contributed by atoms with Gasteiger partial charge < -0.3 is 4.67 Å². The molecule has 4 heteroatoms. The fourth-order valence-electron chi connectivity index (χ4n) is 2.21. The first kappa shape index (κ1) is 18.1. The van der Waals surface area contributed by atoms with Crippen molar-refractivity contribution in [2.75, 3.05) is 7.05 Å². The van der Waals surface area contributed by atoms with Gasteiger partial charge in [0.2, 0.25) is 0 Å². The Kier molecular flexibility index (Phi) is 6.09. The van der Waals surface area contributed by atoms with Crippen LogP contribution in [-0.2, 0) is 0 Å². The van der Waals surface area contributed by atoms with Crippen LogP contribution in [0.4, 0.5) is 0 Å². The van der Waals surface area contributed by atoms with Gasteiger partial charge in [0.25, 0.3) is 0 Å². The van der Waals surface area contributed by atoms with Gasteiger partial charge in [-0.2, -0.15) is 5.10 Å². The Bertz CT molecular complexity index is 691. The summed E-state index contributed by atoms with van der Waals surface area (Å²) in [6, 6.07) is 19.6. The Labute approximate surface area is 146 Å². The minimum atomic E-state index is -1.52. The molecule has 0 saturated heterocycles. The molecule has 0 saturated carbocycles. The fraction of sp³-hybridized carbons (Fsp3) is 0.300. The van der Waals surface area contributed by atoms with Crippen LogP contribution in [0.2, 0.25) is 19.6 Å². The maximum absolute atomic E-state index is 12.4. The molecule has 0 radical (unpaired) electrons. The molecule has 0 bridgehead atoms. The third kappa shape index (κ3) is 5.17. The number of Topliss-reactive ketones (excluding diaryl/α,β-unsaturated/α-hetero) is 1. The number of nitrogens with zero attached hydrogens (tertiary/aromatic N) is 2. The van der Waals surface area contributed by atoms with Crippen molar-refractivity contribution in [1.29, 1.82) is 0 Å². The second kappa shape index (κ2) is 8.06. The van der Waals surface area contributed by atoms with Gasteiger partial charge in [0.15, 0.2) is 14.0 Å². The van der Waals surface area contributed by atoms with Crippen LogP contribution in [0.1, 0.15) is 28.8 Å². The lowest BCUT2D eigenvalue weighted by Gasteiger charge is -2.28. The van der Waals surface area contributed by atoms with Gasteiger partial charge in [0.1, 0.15) is 0 Å². The summed E-state index contributed by atoms with van der Waals surface area (Å²) in [4.78, 5) is 12.4. The summed E-state index contributed by atoms with van der Waals surface area (Å²) < 4.78 is 2.10. The summed E-state index contributed by atoms with van der Waals surface area (Å²) in [6.07, 6.45) is 1.11. The molecule has 0 spiro atoms. The van der Waals surface area contributed by atoms with E-state index in [4.69, 9.17) is 5.10 Å². The van der Waals surface area contributed by atoms with Crippen molar-refractivity contribution in [3.63, 3.8) is 0 Å². The fourth-order valence-corrected chi connectivity index (χ4v) is 2.63. The average molecular weight is 339 g/mol. The maximum atomic E-state index is 12.4. The van der Waals surface area contributed by atoms with E-state index in [0.29, 0.717) is 12.8 Å². The first-order chi connectivity index (χ1) is 11.4. The molecule has 0 amide bonds. The number of carbonyl (C=O) groups excluding carboxylic acids is 1. The minimum Gasteiger partial charge on any atom is -0.327 e. The second-order valence-electron chi connectivity index (χ2n) is 6.90. The van der Waals surface area contributed by atoms with E-state index >= 15 is 0 Å². The van der Waals surface area contributed by atoms with Crippen molar-refractivity contribution in [1.82, 2.24) is 4.67 Å². The quantitative estimate of drug-likeness (QED) is 0.314. The molecule has 2 aromatic rings. The van der Waals surface area contributed by atoms with Gasteiger partial charge in [-0.25, -0.2) is 0 Å². The normalized spacial score (nSPS) is 12.1. The standard InChI is InChI=1S/C20H26N2OSi/c1-22(24(2,3)4)21-19(17-11-7-5-8-12-17)15-16-20(23)18-13-9-6-10-14-18/h5-14H,15-16H2,1-4H3/b21-19-. The van der Waals surface area contributed by atoms with E-state index in [-0.39, 0.29) is 5.78 Å². The van der Waals surface area contributed by atoms with Crippen LogP contribution in [0, 0.1) is 0 Å². The Morgan fingerprint density at radius 2 is 1.38 bits per heavy atom. The second-order valence-corrected chi connectivity index (χ2v) is 11.9. The molecule has 0 aromatic heterocycles. The summed E-state index contributed by atoms with van der Waals surface area (Å²) >= 11 is 0. The smallest absolute Gasteiger partial charge is 0.168 e. The van der Waals surface area contributed by atoms with Crippen molar-refractivity contribution < 1.29 is 4.79 Å². The topological polar surface area (TPSA) is 32.7 Å². The van der Waals surface area contributed by atoms with Gasteiger partial charge in [-0.05, 0) is 12.0 Å². The first-order valence-electron chi connectivity index (χ1n) is 8.33. The number of hydrogen-bond donors (Lipinski definition) is 0. The average Bonchev–Trinajstić information content (AvgIpc) is 2.58. The molecule has 0 unspecified atom stereocenters. The molecule has 0 heterocycles. The molecule has 3 nitrogen and oxygen atoms in total. The van der Waals surface area contributed by atoms with Crippen LogP contribution in [0.25, 0.3) is 0 Å². The summed E-state index contributed by atoms with van der Waals surface area (Å²) in [5, 5.41) is 4.84. The molecule has 126 valence electrons. The predicted molar refractivity (Wildman–Crippen MR) is 104 cm³/mol. The zero-order chi connectivity index (χ0) is 17.6. The van der Waals surface area contributed by atoms with Gasteiger partial charge in [0.05, 0.1) is 5.71 Å². The highest BCUT2D eigenvalue weighted by molar-refractivity contribution is 6.73. The minimum absolute atomic E-state index is 0.162. The monoisotopic (exact) mass is 338 g/mol. The van der Waals surface area contributed by atoms with Crippen LogP contribution in [0.15, 0.2) is 65.8 Å².